The summed E-state index contributed by atoms with van der Waals surface area (Å²) in [5, 5.41) is 1.16. The predicted molar refractivity (Wildman–Crippen MR) is 121 cm³/mol. The number of benzene rings is 3. The molecule has 0 unspecified atom stereocenters. The van der Waals surface area contributed by atoms with Gasteiger partial charge >= 0.3 is 0 Å². The summed E-state index contributed by atoms with van der Waals surface area (Å²) in [5.74, 6) is 0.344. The molecule has 3 aromatic carbocycles. The fraction of sp³-hybridized carbons (Fsp3) is 0.125. The SMILES string of the molecule is Cc1ccc(S(=O)(=O)NC(=NCCc2c[nH]c3ccccc23)c2ccccc2)cc1. The van der Waals surface area contributed by atoms with Crippen LogP contribution in [-0.4, -0.2) is 25.8 Å². The number of para-hydroxylation sites is 1. The molecule has 0 aliphatic heterocycles. The van der Waals surface area contributed by atoms with Crippen molar-refractivity contribution in [1.29, 1.82) is 0 Å². The van der Waals surface area contributed by atoms with Gasteiger partial charge < -0.3 is 4.98 Å². The third kappa shape index (κ3) is 4.44. The average molecular weight is 418 g/mol. The Hall–Kier alpha value is -3.38. The lowest BCUT2D eigenvalue weighted by molar-refractivity contribution is 0.592. The minimum Gasteiger partial charge on any atom is -0.361 e. The molecule has 4 aromatic rings. The fourth-order valence-electron chi connectivity index (χ4n) is 3.31. The van der Waals surface area contributed by atoms with Crippen molar-refractivity contribution in [3.63, 3.8) is 0 Å². The Morgan fingerprint density at radius 3 is 2.40 bits per heavy atom. The van der Waals surface area contributed by atoms with Crippen molar-refractivity contribution in [2.45, 2.75) is 18.2 Å². The summed E-state index contributed by atoms with van der Waals surface area (Å²) in [7, 11) is -3.73. The first kappa shape index (κ1) is 19.9. The molecule has 0 radical (unpaired) electrons. The number of aromatic nitrogens is 1. The molecule has 0 aliphatic carbocycles. The van der Waals surface area contributed by atoms with Crippen LogP contribution in [0.1, 0.15) is 16.7 Å². The zero-order chi connectivity index (χ0) is 21.0. The second-order valence-corrected chi connectivity index (χ2v) is 8.81. The minimum atomic E-state index is -3.73. The monoisotopic (exact) mass is 417 g/mol. The topological polar surface area (TPSA) is 74.3 Å². The van der Waals surface area contributed by atoms with Gasteiger partial charge in [0.15, 0.2) is 0 Å². The van der Waals surface area contributed by atoms with E-state index in [-0.39, 0.29) is 4.90 Å². The molecule has 1 aromatic heterocycles. The summed E-state index contributed by atoms with van der Waals surface area (Å²) >= 11 is 0. The second-order valence-electron chi connectivity index (χ2n) is 7.12. The van der Waals surface area contributed by atoms with E-state index in [0.29, 0.717) is 18.8 Å². The summed E-state index contributed by atoms with van der Waals surface area (Å²) in [5.41, 5.74) is 3.97. The van der Waals surface area contributed by atoms with Gasteiger partial charge in [0.1, 0.15) is 5.84 Å². The van der Waals surface area contributed by atoms with E-state index in [1.54, 1.807) is 24.3 Å². The molecule has 0 bridgehead atoms. The molecular weight excluding hydrogens is 394 g/mol. The molecule has 6 heteroatoms. The van der Waals surface area contributed by atoms with Gasteiger partial charge in [0.25, 0.3) is 10.0 Å². The first-order valence-electron chi connectivity index (χ1n) is 9.77. The summed E-state index contributed by atoms with van der Waals surface area (Å²) < 4.78 is 28.5. The molecule has 0 amide bonds. The smallest absolute Gasteiger partial charge is 0.263 e. The number of amidine groups is 1. The molecule has 0 fully saturated rings. The van der Waals surface area contributed by atoms with Gasteiger partial charge in [-0.05, 0) is 37.1 Å². The van der Waals surface area contributed by atoms with Crippen LogP contribution in [0.15, 0.2) is 94.9 Å². The van der Waals surface area contributed by atoms with Gasteiger partial charge in [0.2, 0.25) is 0 Å². The number of hydrogen-bond donors (Lipinski definition) is 2. The highest BCUT2D eigenvalue weighted by Crippen LogP contribution is 2.18. The van der Waals surface area contributed by atoms with Gasteiger partial charge in [-0.1, -0.05) is 66.2 Å². The van der Waals surface area contributed by atoms with Crippen molar-refractivity contribution in [3.05, 3.63) is 102 Å². The van der Waals surface area contributed by atoms with E-state index in [2.05, 4.69) is 20.8 Å². The zero-order valence-corrected chi connectivity index (χ0v) is 17.5. The molecule has 0 aliphatic rings. The third-order valence-electron chi connectivity index (χ3n) is 4.94. The summed E-state index contributed by atoms with van der Waals surface area (Å²) in [6.45, 7) is 2.38. The minimum absolute atomic E-state index is 0.216. The number of nitrogens with one attached hydrogen (secondary N) is 2. The predicted octanol–water partition coefficient (Wildman–Crippen LogP) is 4.44. The molecule has 4 rings (SSSR count). The van der Waals surface area contributed by atoms with Crippen molar-refractivity contribution >= 4 is 26.8 Å². The van der Waals surface area contributed by atoms with Crippen LogP contribution in [0.3, 0.4) is 0 Å². The number of H-pyrrole nitrogens is 1. The van der Waals surface area contributed by atoms with Crippen LogP contribution in [0.4, 0.5) is 0 Å². The maximum Gasteiger partial charge on any atom is 0.263 e. The normalized spacial score (nSPS) is 12.2. The summed E-state index contributed by atoms with van der Waals surface area (Å²) in [4.78, 5) is 8.09. The highest BCUT2D eigenvalue weighted by molar-refractivity contribution is 7.90. The fourth-order valence-corrected chi connectivity index (χ4v) is 4.36. The molecule has 5 nitrogen and oxygen atoms in total. The number of sulfonamides is 1. The lowest BCUT2D eigenvalue weighted by atomic mass is 10.1. The molecular formula is C24H23N3O2S. The lowest BCUT2D eigenvalue weighted by Gasteiger charge is -2.12. The zero-order valence-electron chi connectivity index (χ0n) is 16.7. The molecule has 2 N–H and O–H groups in total. The molecule has 0 atom stereocenters. The third-order valence-corrected chi connectivity index (χ3v) is 6.29. The van der Waals surface area contributed by atoms with E-state index in [0.717, 1.165) is 27.6 Å². The van der Waals surface area contributed by atoms with E-state index < -0.39 is 10.0 Å². The van der Waals surface area contributed by atoms with E-state index in [1.165, 1.54) is 0 Å². The summed E-state index contributed by atoms with van der Waals surface area (Å²) in [6.07, 6.45) is 2.69. The molecule has 152 valence electrons. The summed E-state index contributed by atoms with van der Waals surface area (Å²) in [6, 6.07) is 24.2. The van der Waals surface area contributed by atoms with E-state index in [9.17, 15) is 8.42 Å². The van der Waals surface area contributed by atoms with Crippen molar-refractivity contribution in [2.24, 2.45) is 4.99 Å². The van der Waals surface area contributed by atoms with Gasteiger partial charge in [-0.25, -0.2) is 8.42 Å². The lowest BCUT2D eigenvalue weighted by Crippen LogP contribution is -2.31. The Balaban J connectivity index is 1.59. The molecule has 30 heavy (non-hydrogen) atoms. The molecule has 0 saturated heterocycles. The van der Waals surface area contributed by atoms with Crippen molar-refractivity contribution < 1.29 is 8.42 Å². The van der Waals surface area contributed by atoms with E-state index >= 15 is 0 Å². The number of nitrogens with zero attached hydrogens (tertiary/aromatic N) is 1. The highest BCUT2D eigenvalue weighted by atomic mass is 32.2. The standard InChI is InChI=1S/C24H23N3O2S/c1-18-11-13-21(14-12-18)30(28,29)27-24(19-7-3-2-4-8-19)25-16-15-20-17-26-23-10-6-5-9-22(20)23/h2-14,17,26H,15-16H2,1H3,(H,25,27). The highest BCUT2D eigenvalue weighted by Gasteiger charge is 2.17. The van der Waals surface area contributed by atoms with E-state index in [1.807, 2.05) is 61.7 Å². The van der Waals surface area contributed by atoms with Crippen LogP contribution in [0.2, 0.25) is 0 Å². The Morgan fingerprint density at radius 2 is 1.63 bits per heavy atom. The van der Waals surface area contributed by atoms with Crippen LogP contribution in [-0.2, 0) is 16.4 Å². The van der Waals surface area contributed by atoms with Crippen LogP contribution in [0.25, 0.3) is 10.9 Å². The first-order valence-corrected chi connectivity index (χ1v) is 11.3. The van der Waals surface area contributed by atoms with Gasteiger partial charge in [0, 0.05) is 29.2 Å². The number of aliphatic imine (C=N–C) groups is 1. The molecule has 0 spiro atoms. The first-order chi connectivity index (χ1) is 14.5. The van der Waals surface area contributed by atoms with Crippen molar-refractivity contribution in [2.75, 3.05) is 6.54 Å². The molecule has 0 saturated carbocycles. The van der Waals surface area contributed by atoms with Crippen LogP contribution in [0, 0.1) is 6.92 Å². The van der Waals surface area contributed by atoms with E-state index in [4.69, 9.17) is 0 Å². The largest absolute Gasteiger partial charge is 0.361 e. The number of fused-ring (bicyclic) bond motifs is 1. The quantitative estimate of drug-likeness (QED) is 0.359. The van der Waals surface area contributed by atoms with Crippen molar-refractivity contribution in [1.82, 2.24) is 9.71 Å². The number of aryl methyl sites for hydroxylation is 1. The Kier molecular flexibility index (Phi) is 5.68. The van der Waals surface area contributed by atoms with Gasteiger partial charge in [-0.2, -0.15) is 0 Å². The average Bonchev–Trinajstić information content (AvgIpc) is 3.17. The van der Waals surface area contributed by atoms with Crippen LogP contribution in [0.5, 0.6) is 0 Å². The maximum atomic E-state index is 12.9. The Morgan fingerprint density at radius 1 is 0.933 bits per heavy atom. The van der Waals surface area contributed by atoms with Gasteiger partial charge in [0.05, 0.1) is 4.90 Å². The Labute approximate surface area is 176 Å². The van der Waals surface area contributed by atoms with Crippen LogP contribution < -0.4 is 4.72 Å². The number of hydrogen-bond acceptors (Lipinski definition) is 3. The number of aromatic amines is 1. The maximum absolute atomic E-state index is 12.9. The Bertz CT molecular complexity index is 1280. The second kappa shape index (κ2) is 8.55. The van der Waals surface area contributed by atoms with Gasteiger partial charge in [-0.15, -0.1) is 0 Å². The van der Waals surface area contributed by atoms with Crippen LogP contribution >= 0.6 is 0 Å². The van der Waals surface area contributed by atoms with Gasteiger partial charge in [-0.3, -0.25) is 9.71 Å². The molecule has 1 heterocycles. The number of rotatable bonds is 6. The van der Waals surface area contributed by atoms with Crippen molar-refractivity contribution in [3.8, 4) is 0 Å².